The largest absolute Gasteiger partial charge is 0.352 e. The van der Waals surface area contributed by atoms with Gasteiger partial charge in [0.15, 0.2) is 0 Å². The predicted octanol–water partition coefficient (Wildman–Crippen LogP) is 3.29. The average Bonchev–Trinajstić information content (AvgIpc) is 3.26. The molecule has 1 aliphatic heterocycles. The molecule has 9 heteroatoms. The number of aromatic nitrogens is 3. The fourth-order valence-electron chi connectivity index (χ4n) is 4.21. The quantitative estimate of drug-likeness (QED) is 0.573. The van der Waals surface area contributed by atoms with Crippen LogP contribution in [0.4, 0.5) is 0 Å². The van der Waals surface area contributed by atoms with Gasteiger partial charge in [-0.3, -0.25) is 4.79 Å². The number of nitrogens with one attached hydrogen (secondary N) is 1. The van der Waals surface area contributed by atoms with E-state index in [0.29, 0.717) is 31.4 Å². The van der Waals surface area contributed by atoms with Gasteiger partial charge in [0, 0.05) is 25.7 Å². The summed E-state index contributed by atoms with van der Waals surface area (Å²) in [5.74, 6) is -0.473. The summed E-state index contributed by atoms with van der Waals surface area (Å²) in [6.45, 7) is 7.12. The van der Waals surface area contributed by atoms with Gasteiger partial charge in [-0.15, -0.1) is 5.10 Å². The van der Waals surface area contributed by atoms with E-state index in [9.17, 15) is 13.2 Å². The van der Waals surface area contributed by atoms with Crippen molar-refractivity contribution in [3.05, 3.63) is 53.6 Å². The summed E-state index contributed by atoms with van der Waals surface area (Å²) in [6.07, 6.45) is 2.30. The van der Waals surface area contributed by atoms with E-state index in [1.54, 1.807) is 22.9 Å². The minimum absolute atomic E-state index is 0.107. The van der Waals surface area contributed by atoms with E-state index in [0.717, 1.165) is 17.5 Å². The third-order valence-corrected chi connectivity index (χ3v) is 8.08. The Bertz CT molecular complexity index is 1230. The Morgan fingerprint density at radius 1 is 1.15 bits per heavy atom. The van der Waals surface area contributed by atoms with Gasteiger partial charge in [0.25, 0.3) is 0 Å². The zero-order valence-electron chi connectivity index (χ0n) is 19.4. The molecule has 8 nitrogen and oxygen atoms in total. The van der Waals surface area contributed by atoms with Gasteiger partial charge in [0.2, 0.25) is 15.9 Å². The second-order valence-corrected chi connectivity index (χ2v) is 10.8. The summed E-state index contributed by atoms with van der Waals surface area (Å²) in [6, 6.07) is 13.2. The van der Waals surface area contributed by atoms with Crippen LogP contribution in [0.15, 0.2) is 47.4 Å². The lowest BCUT2D eigenvalue weighted by Crippen LogP contribution is -2.45. The van der Waals surface area contributed by atoms with Crippen LogP contribution in [-0.2, 0) is 27.8 Å². The van der Waals surface area contributed by atoms with Crippen LogP contribution in [0.2, 0.25) is 0 Å². The molecule has 4 rings (SSSR count). The Hall–Kier alpha value is -2.78. The van der Waals surface area contributed by atoms with Crippen LogP contribution in [0, 0.1) is 5.92 Å². The minimum Gasteiger partial charge on any atom is -0.352 e. The van der Waals surface area contributed by atoms with Gasteiger partial charge in [0.1, 0.15) is 5.52 Å². The molecule has 1 fully saturated rings. The van der Waals surface area contributed by atoms with Crippen LogP contribution in [0.5, 0.6) is 0 Å². The summed E-state index contributed by atoms with van der Waals surface area (Å²) in [5.41, 5.74) is 3.63. The Kier molecular flexibility index (Phi) is 6.81. The molecule has 2 aromatic carbocycles. The number of benzene rings is 2. The fraction of sp³-hybridized carbons (Fsp3) is 0.458. The molecule has 0 saturated carbocycles. The number of fused-ring (bicyclic) bond motifs is 1. The zero-order chi connectivity index (χ0) is 23.6. The first-order chi connectivity index (χ1) is 15.8. The molecule has 1 aliphatic rings. The molecule has 0 aliphatic carbocycles. The molecular formula is C24H31N5O3S. The molecule has 3 aromatic rings. The van der Waals surface area contributed by atoms with Crippen molar-refractivity contribution >= 4 is 27.0 Å². The van der Waals surface area contributed by atoms with E-state index < -0.39 is 10.0 Å². The molecule has 0 unspecified atom stereocenters. The lowest BCUT2D eigenvalue weighted by molar-refractivity contribution is -0.126. The Labute approximate surface area is 195 Å². The van der Waals surface area contributed by atoms with Crippen molar-refractivity contribution in [2.45, 2.75) is 57.5 Å². The first kappa shape index (κ1) is 23.4. The van der Waals surface area contributed by atoms with Gasteiger partial charge < -0.3 is 5.32 Å². The van der Waals surface area contributed by atoms with E-state index in [2.05, 4.69) is 34.7 Å². The van der Waals surface area contributed by atoms with Crippen LogP contribution in [0.3, 0.4) is 0 Å². The third kappa shape index (κ3) is 4.94. The highest BCUT2D eigenvalue weighted by Crippen LogP contribution is 2.26. The minimum atomic E-state index is -3.73. The normalized spacial score (nSPS) is 17.5. The summed E-state index contributed by atoms with van der Waals surface area (Å²) in [5, 5.41) is 11.2. The summed E-state index contributed by atoms with van der Waals surface area (Å²) in [7, 11) is -3.73. The summed E-state index contributed by atoms with van der Waals surface area (Å²) < 4.78 is 29.8. The van der Waals surface area contributed by atoms with Crippen LogP contribution in [0.1, 0.15) is 50.8 Å². The van der Waals surface area contributed by atoms with E-state index in [1.807, 2.05) is 26.0 Å². The van der Waals surface area contributed by atoms with Crippen LogP contribution < -0.4 is 5.32 Å². The number of sulfonamides is 1. The Morgan fingerprint density at radius 3 is 2.58 bits per heavy atom. The highest BCUT2D eigenvalue weighted by atomic mass is 32.2. The van der Waals surface area contributed by atoms with E-state index in [4.69, 9.17) is 0 Å². The fourth-order valence-corrected chi connectivity index (χ4v) is 5.76. The van der Waals surface area contributed by atoms with Crippen molar-refractivity contribution in [2.24, 2.45) is 5.92 Å². The number of amides is 1. The number of nitrogens with zero attached hydrogens (tertiary/aromatic N) is 4. The maximum absolute atomic E-state index is 13.3. The van der Waals surface area contributed by atoms with Gasteiger partial charge in [-0.05, 0) is 62.4 Å². The van der Waals surface area contributed by atoms with Crippen LogP contribution in [-0.4, -0.2) is 46.7 Å². The topological polar surface area (TPSA) is 97.2 Å². The van der Waals surface area contributed by atoms with E-state index >= 15 is 0 Å². The molecule has 1 saturated heterocycles. The first-order valence-electron chi connectivity index (χ1n) is 11.5. The molecular weight excluding hydrogens is 438 g/mol. The molecule has 0 radical (unpaired) electrons. The number of hydrogen-bond donors (Lipinski definition) is 1. The molecule has 2 heterocycles. The maximum atomic E-state index is 13.3. The molecule has 176 valence electrons. The monoisotopic (exact) mass is 469 g/mol. The molecule has 1 atom stereocenters. The molecule has 0 spiro atoms. The SMILES string of the molecule is CCc1ccc(CNC(=O)[C@H]2CCCN(S(=O)(=O)c3ccc4c(c3)nnn4C(C)C)C2)cc1. The number of rotatable bonds is 7. The van der Waals surface area contributed by atoms with E-state index in [1.165, 1.54) is 9.87 Å². The van der Waals surface area contributed by atoms with Crippen molar-refractivity contribution < 1.29 is 13.2 Å². The van der Waals surface area contributed by atoms with Gasteiger partial charge in [-0.2, -0.15) is 4.31 Å². The first-order valence-corrected chi connectivity index (χ1v) is 12.9. The van der Waals surface area contributed by atoms with Crippen molar-refractivity contribution in [3.63, 3.8) is 0 Å². The van der Waals surface area contributed by atoms with Gasteiger partial charge in [0.05, 0.1) is 16.3 Å². The van der Waals surface area contributed by atoms with Gasteiger partial charge in [-0.1, -0.05) is 36.4 Å². The number of hydrogen-bond acceptors (Lipinski definition) is 5. The smallest absolute Gasteiger partial charge is 0.243 e. The molecule has 1 aromatic heterocycles. The number of carbonyl (C=O) groups is 1. The highest BCUT2D eigenvalue weighted by molar-refractivity contribution is 7.89. The number of aryl methyl sites for hydroxylation is 1. The predicted molar refractivity (Wildman–Crippen MR) is 127 cm³/mol. The van der Waals surface area contributed by atoms with Crippen molar-refractivity contribution in [3.8, 4) is 0 Å². The molecule has 0 bridgehead atoms. The molecule has 1 N–H and O–H groups in total. The average molecular weight is 470 g/mol. The maximum Gasteiger partial charge on any atom is 0.243 e. The highest BCUT2D eigenvalue weighted by Gasteiger charge is 2.33. The molecule has 1 amide bonds. The lowest BCUT2D eigenvalue weighted by atomic mass is 9.98. The summed E-state index contributed by atoms with van der Waals surface area (Å²) in [4.78, 5) is 13.0. The van der Waals surface area contributed by atoms with Crippen LogP contribution in [0.25, 0.3) is 11.0 Å². The van der Waals surface area contributed by atoms with Crippen molar-refractivity contribution in [2.75, 3.05) is 13.1 Å². The second-order valence-electron chi connectivity index (χ2n) is 8.87. The lowest BCUT2D eigenvalue weighted by Gasteiger charge is -2.31. The zero-order valence-corrected chi connectivity index (χ0v) is 20.2. The van der Waals surface area contributed by atoms with Crippen LogP contribution >= 0.6 is 0 Å². The van der Waals surface area contributed by atoms with Crippen molar-refractivity contribution in [1.82, 2.24) is 24.6 Å². The van der Waals surface area contributed by atoms with E-state index in [-0.39, 0.29) is 29.3 Å². The number of piperidine rings is 1. The third-order valence-electron chi connectivity index (χ3n) is 6.22. The van der Waals surface area contributed by atoms with Gasteiger partial charge in [-0.25, -0.2) is 13.1 Å². The Morgan fingerprint density at radius 2 is 1.88 bits per heavy atom. The van der Waals surface area contributed by atoms with Gasteiger partial charge >= 0.3 is 0 Å². The molecule has 33 heavy (non-hydrogen) atoms. The number of carbonyl (C=O) groups excluding carboxylic acids is 1. The second kappa shape index (κ2) is 9.61. The Balaban J connectivity index is 1.44. The van der Waals surface area contributed by atoms with Crippen molar-refractivity contribution in [1.29, 1.82) is 0 Å². The standard InChI is InChI=1S/C24H31N5O3S/c1-4-18-7-9-19(10-8-18)15-25-24(30)20-6-5-13-28(16-20)33(31,32)21-11-12-23-22(14-21)26-27-29(23)17(2)3/h7-12,14,17,20H,4-6,13,15-16H2,1-3H3,(H,25,30)/t20-/m0/s1. The summed E-state index contributed by atoms with van der Waals surface area (Å²) >= 11 is 0.